The van der Waals surface area contributed by atoms with Crippen LogP contribution in [0.5, 0.6) is 0 Å². The van der Waals surface area contributed by atoms with Crippen molar-refractivity contribution in [3.63, 3.8) is 0 Å². The number of hydrogen-bond acceptors (Lipinski definition) is 3. The fraction of sp³-hybridized carbons (Fsp3) is 0.417. The van der Waals surface area contributed by atoms with E-state index in [0.717, 1.165) is 15.2 Å². The van der Waals surface area contributed by atoms with E-state index in [1.54, 1.807) is 6.07 Å². The van der Waals surface area contributed by atoms with Crippen LogP contribution in [0.4, 0.5) is 4.39 Å². The lowest BCUT2D eigenvalue weighted by Crippen LogP contribution is -2.25. The van der Waals surface area contributed by atoms with Crippen LogP contribution in [0.2, 0.25) is 0 Å². The second-order valence-electron chi connectivity index (χ2n) is 5.01. The van der Waals surface area contributed by atoms with Gasteiger partial charge in [-0.05, 0) is 23.6 Å². The molecule has 1 aromatic carbocycles. The standard InChI is InChI=1S/C12H15FN2S/c1-12(2,3)10(14)11-15-8-5-4-7(13)6-9(8)16-11/h4-6,10H,14H2,1-3H3. The molecule has 1 atom stereocenters. The van der Waals surface area contributed by atoms with Crippen LogP contribution in [-0.2, 0) is 0 Å². The van der Waals surface area contributed by atoms with Crippen LogP contribution in [0.3, 0.4) is 0 Å². The van der Waals surface area contributed by atoms with Gasteiger partial charge in [-0.2, -0.15) is 0 Å². The average Bonchev–Trinajstić information content (AvgIpc) is 2.57. The van der Waals surface area contributed by atoms with Crippen LogP contribution >= 0.6 is 11.3 Å². The van der Waals surface area contributed by atoms with Crippen molar-refractivity contribution in [2.45, 2.75) is 26.8 Å². The minimum absolute atomic E-state index is 0.0353. The Kier molecular flexibility index (Phi) is 2.72. The smallest absolute Gasteiger partial charge is 0.124 e. The number of nitrogens with two attached hydrogens (primary N) is 1. The lowest BCUT2D eigenvalue weighted by Gasteiger charge is -2.24. The van der Waals surface area contributed by atoms with Gasteiger partial charge in [0.15, 0.2) is 0 Å². The first kappa shape index (κ1) is 11.5. The Balaban J connectivity index is 2.47. The van der Waals surface area contributed by atoms with Crippen molar-refractivity contribution in [2.75, 3.05) is 0 Å². The largest absolute Gasteiger partial charge is 0.322 e. The lowest BCUT2D eigenvalue weighted by atomic mass is 9.88. The highest BCUT2D eigenvalue weighted by atomic mass is 32.1. The van der Waals surface area contributed by atoms with E-state index in [-0.39, 0.29) is 17.3 Å². The first-order valence-electron chi connectivity index (χ1n) is 5.19. The summed E-state index contributed by atoms with van der Waals surface area (Å²) in [7, 11) is 0. The SMILES string of the molecule is CC(C)(C)C(N)c1nc2ccc(F)cc2s1. The van der Waals surface area contributed by atoms with E-state index < -0.39 is 0 Å². The third kappa shape index (κ3) is 2.08. The second-order valence-corrected chi connectivity index (χ2v) is 6.07. The number of halogens is 1. The summed E-state index contributed by atoms with van der Waals surface area (Å²) < 4.78 is 13.9. The fourth-order valence-corrected chi connectivity index (χ4v) is 2.66. The molecule has 1 aromatic heterocycles. The molecule has 1 unspecified atom stereocenters. The molecule has 2 N–H and O–H groups in total. The van der Waals surface area contributed by atoms with Gasteiger partial charge in [-0.15, -0.1) is 11.3 Å². The molecule has 0 aliphatic rings. The van der Waals surface area contributed by atoms with Gasteiger partial charge in [-0.25, -0.2) is 9.37 Å². The maximum Gasteiger partial charge on any atom is 0.124 e. The summed E-state index contributed by atoms with van der Waals surface area (Å²) in [5.74, 6) is -0.230. The Hall–Kier alpha value is -1.000. The highest BCUT2D eigenvalue weighted by Gasteiger charge is 2.25. The summed E-state index contributed by atoms with van der Waals surface area (Å²) >= 11 is 1.47. The Labute approximate surface area is 98.3 Å². The number of fused-ring (bicyclic) bond motifs is 1. The summed E-state index contributed by atoms with van der Waals surface area (Å²) in [6.45, 7) is 6.22. The second kappa shape index (κ2) is 3.79. The molecule has 0 saturated carbocycles. The summed E-state index contributed by atoms with van der Waals surface area (Å²) in [6, 6.07) is 4.51. The number of nitrogens with zero attached hydrogens (tertiary/aromatic N) is 1. The van der Waals surface area contributed by atoms with Crippen LogP contribution in [0, 0.1) is 11.2 Å². The van der Waals surface area contributed by atoms with Crippen LogP contribution < -0.4 is 5.73 Å². The van der Waals surface area contributed by atoms with Crippen LogP contribution in [0.25, 0.3) is 10.2 Å². The zero-order valence-electron chi connectivity index (χ0n) is 9.62. The molecule has 2 rings (SSSR count). The van der Waals surface area contributed by atoms with E-state index in [0.29, 0.717) is 0 Å². The van der Waals surface area contributed by atoms with Gasteiger partial charge in [0, 0.05) is 0 Å². The van der Waals surface area contributed by atoms with Crippen molar-refractivity contribution >= 4 is 21.6 Å². The Morgan fingerprint density at radius 3 is 2.69 bits per heavy atom. The quantitative estimate of drug-likeness (QED) is 0.826. The van der Waals surface area contributed by atoms with Gasteiger partial charge < -0.3 is 5.73 Å². The molecule has 0 spiro atoms. The predicted octanol–water partition coefficient (Wildman–Crippen LogP) is 3.48. The van der Waals surface area contributed by atoms with Crippen molar-refractivity contribution in [3.8, 4) is 0 Å². The van der Waals surface area contributed by atoms with Gasteiger partial charge in [0.25, 0.3) is 0 Å². The molecule has 16 heavy (non-hydrogen) atoms. The van der Waals surface area contributed by atoms with Gasteiger partial charge in [0.2, 0.25) is 0 Å². The topological polar surface area (TPSA) is 38.9 Å². The number of hydrogen-bond donors (Lipinski definition) is 1. The molecule has 1 heterocycles. The van der Waals surface area contributed by atoms with Gasteiger partial charge in [0.05, 0.1) is 16.3 Å². The third-order valence-electron chi connectivity index (χ3n) is 2.57. The molecule has 0 amide bonds. The highest BCUT2D eigenvalue weighted by molar-refractivity contribution is 7.18. The van der Waals surface area contributed by atoms with Gasteiger partial charge >= 0.3 is 0 Å². The Morgan fingerprint density at radius 2 is 2.06 bits per heavy atom. The van der Waals surface area contributed by atoms with E-state index in [1.165, 1.54) is 23.5 Å². The van der Waals surface area contributed by atoms with Gasteiger partial charge in [-0.1, -0.05) is 20.8 Å². The van der Waals surface area contributed by atoms with Crippen molar-refractivity contribution in [1.82, 2.24) is 4.98 Å². The number of benzene rings is 1. The molecule has 0 bridgehead atoms. The van der Waals surface area contributed by atoms with Crippen molar-refractivity contribution in [2.24, 2.45) is 11.1 Å². The van der Waals surface area contributed by atoms with E-state index in [4.69, 9.17) is 5.73 Å². The fourth-order valence-electron chi connectivity index (χ4n) is 1.42. The van der Waals surface area contributed by atoms with Crippen LogP contribution in [-0.4, -0.2) is 4.98 Å². The molecule has 0 saturated heterocycles. The lowest BCUT2D eigenvalue weighted by molar-refractivity contribution is 0.326. The molecule has 2 nitrogen and oxygen atoms in total. The molecular formula is C12H15FN2S. The number of rotatable bonds is 1. The van der Waals surface area contributed by atoms with Crippen LogP contribution in [0.1, 0.15) is 31.8 Å². The summed E-state index contributed by atoms with van der Waals surface area (Å²) in [6.07, 6.45) is 0. The monoisotopic (exact) mass is 238 g/mol. The van der Waals surface area contributed by atoms with E-state index in [1.807, 2.05) is 0 Å². The molecule has 0 radical (unpaired) electrons. The van der Waals surface area contributed by atoms with Gasteiger partial charge in [-0.3, -0.25) is 0 Å². The molecular weight excluding hydrogens is 223 g/mol. The van der Waals surface area contributed by atoms with Crippen molar-refractivity contribution < 1.29 is 4.39 Å². The van der Waals surface area contributed by atoms with Crippen molar-refractivity contribution in [1.29, 1.82) is 0 Å². The molecule has 2 aromatic rings. The molecule has 4 heteroatoms. The number of aromatic nitrogens is 1. The first-order chi connectivity index (χ1) is 7.38. The summed E-state index contributed by atoms with van der Waals surface area (Å²) in [4.78, 5) is 4.45. The summed E-state index contributed by atoms with van der Waals surface area (Å²) in [5.41, 5.74) is 6.91. The summed E-state index contributed by atoms with van der Waals surface area (Å²) in [5, 5.41) is 0.869. The zero-order chi connectivity index (χ0) is 11.9. The van der Waals surface area contributed by atoms with E-state index in [2.05, 4.69) is 25.8 Å². The van der Waals surface area contributed by atoms with Crippen molar-refractivity contribution in [3.05, 3.63) is 29.0 Å². The zero-order valence-corrected chi connectivity index (χ0v) is 10.4. The van der Waals surface area contributed by atoms with Gasteiger partial charge in [0.1, 0.15) is 10.8 Å². The molecule has 0 aliphatic carbocycles. The molecule has 0 fully saturated rings. The first-order valence-corrected chi connectivity index (χ1v) is 6.01. The molecule has 0 aliphatic heterocycles. The minimum Gasteiger partial charge on any atom is -0.322 e. The van der Waals surface area contributed by atoms with Crippen LogP contribution in [0.15, 0.2) is 18.2 Å². The van der Waals surface area contributed by atoms with E-state index in [9.17, 15) is 4.39 Å². The highest BCUT2D eigenvalue weighted by Crippen LogP contribution is 2.35. The maximum atomic E-state index is 13.0. The molecule has 86 valence electrons. The number of thiazole rings is 1. The predicted molar refractivity (Wildman–Crippen MR) is 66.0 cm³/mol. The Bertz CT molecular complexity index is 513. The normalized spacial score (nSPS) is 14.3. The third-order valence-corrected chi connectivity index (χ3v) is 3.67. The average molecular weight is 238 g/mol. The Morgan fingerprint density at radius 1 is 1.38 bits per heavy atom. The van der Waals surface area contributed by atoms with E-state index >= 15 is 0 Å². The minimum atomic E-state index is -0.230. The maximum absolute atomic E-state index is 13.0.